The van der Waals surface area contributed by atoms with Crippen molar-refractivity contribution in [1.29, 1.82) is 0 Å². The normalized spacial score (nSPS) is 11.6. The van der Waals surface area contributed by atoms with Gasteiger partial charge >= 0.3 is 0 Å². The molecule has 7 heteroatoms. The molecule has 4 aromatic heterocycles. The van der Waals surface area contributed by atoms with Gasteiger partial charge in [-0.2, -0.15) is 0 Å². The maximum atomic E-state index is 6.51. The van der Waals surface area contributed by atoms with E-state index < -0.39 is 0 Å². The minimum atomic E-state index is 0.555. The fourth-order valence-corrected chi connectivity index (χ4v) is 7.45. The van der Waals surface area contributed by atoms with Crippen LogP contribution in [-0.2, 0) is 0 Å². The fraction of sp³-hybridized carbons (Fsp3) is 0. The molecular formula is C49H29N5O2. The van der Waals surface area contributed by atoms with E-state index in [0.29, 0.717) is 34.6 Å². The first kappa shape index (κ1) is 31.7. The number of para-hydroxylation sites is 1. The van der Waals surface area contributed by atoms with E-state index in [2.05, 4.69) is 42.5 Å². The van der Waals surface area contributed by atoms with Crippen molar-refractivity contribution >= 4 is 44.0 Å². The zero-order valence-corrected chi connectivity index (χ0v) is 29.8. The summed E-state index contributed by atoms with van der Waals surface area (Å²) in [6.45, 7) is 0. The van der Waals surface area contributed by atoms with Crippen LogP contribution in [0.3, 0.4) is 0 Å². The molecule has 7 aromatic carbocycles. The summed E-state index contributed by atoms with van der Waals surface area (Å²) < 4.78 is 13.0. The number of hydrogen-bond acceptors (Lipinski definition) is 7. The molecule has 0 spiro atoms. The molecule has 0 fully saturated rings. The lowest BCUT2D eigenvalue weighted by Gasteiger charge is -2.09. The van der Waals surface area contributed by atoms with E-state index in [1.165, 1.54) is 0 Å². The van der Waals surface area contributed by atoms with Gasteiger partial charge in [0.05, 0.1) is 0 Å². The summed E-state index contributed by atoms with van der Waals surface area (Å²) in [7, 11) is 0. The number of nitrogens with zero attached hydrogens (tertiary/aromatic N) is 5. The van der Waals surface area contributed by atoms with E-state index in [4.69, 9.17) is 33.8 Å². The Hall–Kier alpha value is -7.77. The van der Waals surface area contributed by atoms with Crippen molar-refractivity contribution in [3.8, 4) is 67.9 Å². The maximum Gasteiger partial charge on any atom is 0.180 e. The van der Waals surface area contributed by atoms with E-state index in [1.54, 1.807) is 0 Å². The van der Waals surface area contributed by atoms with Gasteiger partial charge in [-0.1, -0.05) is 140 Å². The summed E-state index contributed by atoms with van der Waals surface area (Å²) in [5.74, 6) is 2.36. The van der Waals surface area contributed by atoms with Gasteiger partial charge in [-0.3, -0.25) is 0 Å². The topological polar surface area (TPSA) is 90.7 Å². The molecule has 11 aromatic rings. The SMILES string of the molecule is c1ccc(-c2ccc(-c3nc(-c4ccc5oc6cccc(-c7nc(-c8ccccc8)nc(-c8ccccc8)n7)c6c5c4)c4oc5ccccc5c4n3)cc2)cc1. The van der Waals surface area contributed by atoms with Crippen LogP contribution in [0.4, 0.5) is 0 Å². The average Bonchev–Trinajstić information content (AvgIpc) is 3.85. The molecule has 0 amide bonds. The van der Waals surface area contributed by atoms with Gasteiger partial charge in [0.1, 0.15) is 28.0 Å². The van der Waals surface area contributed by atoms with Crippen LogP contribution in [-0.4, -0.2) is 24.9 Å². The molecule has 0 N–H and O–H groups in total. The van der Waals surface area contributed by atoms with Crippen molar-refractivity contribution in [1.82, 2.24) is 24.9 Å². The van der Waals surface area contributed by atoms with Crippen molar-refractivity contribution in [3.63, 3.8) is 0 Å². The molecule has 7 nitrogen and oxygen atoms in total. The predicted molar refractivity (Wildman–Crippen MR) is 223 cm³/mol. The monoisotopic (exact) mass is 719 g/mol. The summed E-state index contributed by atoms with van der Waals surface area (Å²) >= 11 is 0. The number of fused-ring (bicyclic) bond motifs is 6. The van der Waals surface area contributed by atoms with Gasteiger partial charge in [-0.05, 0) is 47.5 Å². The quantitative estimate of drug-likeness (QED) is 0.169. The van der Waals surface area contributed by atoms with Crippen molar-refractivity contribution in [2.75, 3.05) is 0 Å². The summed E-state index contributed by atoms with van der Waals surface area (Å²) in [5.41, 5.74) is 11.0. The molecule has 0 aliphatic heterocycles. The van der Waals surface area contributed by atoms with Gasteiger partial charge in [-0.25, -0.2) is 24.9 Å². The van der Waals surface area contributed by atoms with Gasteiger partial charge in [0.2, 0.25) is 0 Å². The highest BCUT2D eigenvalue weighted by atomic mass is 16.3. The molecule has 0 saturated heterocycles. The molecule has 0 radical (unpaired) electrons. The molecule has 0 bridgehead atoms. The smallest absolute Gasteiger partial charge is 0.180 e. The van der Waals surface area contributed by atoms with Crippen LogP contribution in [0.5, 0.6) is 0 Å². The third-order valence-electron chi connectivity index (χ3n) is 10.2. The van der Waals surface area contributed by atoms with Gasteiger partial charge in [-0.15, -0.1) is 0 Å². The van der Waals surface area contributed by atoms with Crippen molar-refractivity contribution in [2.24, 2.45) is 0 Å². The van der Waals surface area contributed by atoms with E-state index in [9.17, 15) is 0 Å². The highest BCUT2D eigenvalue weighted by Crippen LogP contribution is 2.41. The van der Waals surface area contributed by atoms with Crippen LogP contribution < -0.4 is 0 Å². The van der Waals surface area contributed by atoms with Gasteiger partial charge in [0, 0.05) is 44.0 Å². The minimum absolute atomic E-state index is 0.555. The van der Waals surface area contributed by atoms with Gasteiger partial charge < -0.3 is 8.83 Å². The molecular weight excluding hydrogens is 691 g/mol. The standard InChI is InChI=1S/C49H29N5O2/c1-4-13-30(14-5-1)31-23-25-34(26-24-31)46-50-43(45-44(51-46)36-19-10-11-21-39(36)56-45)35-27-28-40-38(29-35)42-37(20-12-22-41(42)55-40)49-53-47(32-15-6-2-7-16-32)52-48(54-49)33-17-8-3-9-18-33/h1-29H. The fourth-order valence-electron chi connectivity index (χ4n) is 7.45. The number of rotatable bonds is 6. The van der Waals surface area contributed by atoms with Crippen LogP contribution in [0.2, 0.25) is 0 Å². The second kappa shape index (κ2) is 13.0. The van der Waals surface area contributed by atoms with E-state index in [-0.39, 0.29) is 0 Å². The Morgan fingerprint density at radius 2 is 0.839 bits per heavy atom. The number of furan rings is 2. The van der Waals surface area contributed by atoms with E-state index >= 15 is 0 Å². The highest BCUT2D eigenvalue weighted by molar-refractivity contribution is 6.14. The Morgan fingerprint density at radius 3 is 1.55 bits per heavy atom. The molecule has 4 heterocycles. The maximum absolute atomic E-state index is 6.51. The lowest BCUT2D eigenvalue weighted by Crippen LogP contribution is -2.00. The lowest BCUT2D eigenvalue weighted by atomic mass is 10.0. The van der Waals surface area contributed by atoms with Crippen molar-refractivity contribution < 1.29 is 8.83 Å². The molecule has 11 rings (SSSR count). The Morgan fingerprint density at radius 1 is 0.321 bits per heavy atom. The third-order valence-corrected chi connectivity index (χ3v) is 10.2. The molecule has 262 valence electrons. The second-order valence-electron chi connectivity index (χ2n) is 13.6. The summed E-state index contributed by atoms with van der Waals surface area (Å²) in [5, 5.41) is 2.75. The van der Waals surface area contributed by atoms with Crippen molar-refractivity contribution in [2.45, 2.75) is 0 Å². The van der Waals surface area contributed by atoms with Crippen LogP contribution >= 0.6 is 0 Å². The van der Waals surface area contributed by atoms with Crippen LogP contribution in [0.1, 0.15) is 0 Å². The highest BCUT2D eigenvalue weighted by Gasteiger charge is 2.22. The number of benzene rings is 7. The average molecular weight is 720 g/mol. The molecule has 0 saturated carbocycles. The molecule has 0 aliphatic carbocycles. The second-order valence-corrected chi connectivity index (χ2v) is 13.6. The summed E-state index contributed by atoms with van der Waals surface area (Å²) in [4.78, 5) is 25.3. The Kier molecular flexibility index (Phi) is 7.35. The van der Waals surface area contributed by atoms with Crippen LogP contribution in [0, 0.1) is 0 Å². The molecule has 0 atom stereocenters. The first-order valence-corrected chi connectivity index (χ1v) is 18.4. The zero-order valence-electron chi connectivity index (χ0n) is 29.8. The summed E-state index contributed by atoms with van der Waals surface area (Å²) in [6.07, 6.45) is 0. The first-order valence-electron chi connectivity index (χ1n) is 18.4. The van der Waals surface area contributed by atoms with Gasteiger partial charge in [0.15, 0.2) is 28.9 Å². The molecule has 56 heavy (non-hydrogen) atoms. The Bertz CT molecular complexity index is 3170. The minimum Gasteiger partial charge on any atom is -0.456 e. The van der Waals surface area contributed by atoms with Crippen LogP contribution in [0.15, 0.2) is 185 Å². The predicted octanol–water partition coefficient (Wildman–Crippen LogP) is 12.5. The zero-order chi connectivity index (χ0) is 37.0. The Balaban J connectivity index is 1.11. The van der Waals surface area contributed by atoms with Crippen LogP contribution in [0.25, 0.3) is 112 Å². The van der Waals surface area contributed by atoms with E-state index in [1.807, 2.05) is 133 Å². The Labute approximate surface area is 320 Å². The lowest BCUT2D eigenvalue weighted by molar-refractivity contribution is 0.666. The number of hydrogen-bond donors (Lipinski definition) is 0. The number of aromatic nitrogens is 5. The summed E-state index contributed by atoms with van der Waals surface area (Å²) in [6, 6.07) is 58.9. The molecule has 0 aliphatic rings. The molecule has 0 unspecified atom stereocenters. The first-order chi connectivity index (χ1) is 27.7. The van der Waals surface area contributed by atoms with Gasteiger partial charge in [0.25, 0.3) is 0 Å². The van der Waals surface area contributed by atoms with Crippen molar-refractivity contribution in [3.05, 3.63) is 176 Å². The third kappa shape index (κ3) is 5.41. The largest absolute Gasteiger partial charge is 0.456 e. The van der Waals surface area contributed by atoms with E-state index in [0.717, 1.165) is 77.4 Å².